The van der Waals surface area contributed by atoms with Gasteiger partial charge >= 0.3 is 0 Å². The molecule has 2 nitrogen and oxygen atoms in total. The monoisotopic (exact) mass is 681 g/mol. The van der Waals surface area contributed by atoms with Gasteiger partial charge in [-0.2, -0.15) is 0 Å². The van der Waals surface area contributed by atoms with Crippen LogP contribution in [0.15, 0.2) is 146 Å². The molecule has 2 aromatic heterocycles. The molecule has 0 fully saturated rings. The Bertz CT molecular complexity index is 2720. The van der Waals surface area contributed by atoms with E-state index >= 15 is 0 Å². The van der Waals surface area contributed by atoms with Crippen LogP contribution in [0.1, 0.15) is 52.7 Å². The summed E-state index contributed by atoms with van der Waals surface area (Å²) in [4.78, 5) is 0. The average molecular weight is 682 g/mol. The molecule has 0 spiro atoms. The summed E-state index contributed by atoms with van der Waals surface area (Å²) in [6, 6.07) is 54.8. The van der Waals surface area contributed by atoms with E-state index < -0.39 is 0 Å². The lowest BCUT2D eigenvalue weighted by atomic mass is 9.61. The average Bonchev–Trinajstić information content (AvgIpc) is 3.67. The van der Waals surface area contributed by atoms with E-state index in [-0.39, 0.29) is 10.8 Å². The molecule has 0 unspecified atom stereocenters. The molecular weight excluding hydrogens is 639 g/mol. The van der Waals surface area contributed by atoms with Crippen molar-refractivity contribution in [2.24, 2.45) is 0 Å². The highest BCUT2D eigenvalue weighted by Crippen LogP contribution is 2.40. The fourth-order valence-electron chi connectivity index (χ4n) is 8.58. The molecule has 9 aromatic rings. The van der Waals surface area contributed by atoms with Crippen LogP contribution in [-0.2, 0) is 10.8 Å². The smallest absolute Gasteiger partial charge is 0.197 e. The molecule has 1 radical (unpaired) electrons. The molecule has 0 aliphatic carbocycles. The van der Waals surface area contributed by atoms with Gasteiger partial charge in [-0.1, -0.05) is 143 Å². The van der Waals surface area contributed by atoms with E-state index in [0.29, 0.717) is 0 Å². The molecule has 7 aromatic carbocycles. The lowest BCUT2D eigenvalue weighted by Crippen LogP contribution is -2.31. The van der Waals surface area contributed by atoms with E-state index in [2.05, 4.69) is 204 Å². The van der Waals surface area contributed by atoms with E-state index in [0.717, 1.165) is 0 Å². The number of hydrogen-bond donors (Lipinski definition) is 0. The van der Waals surface area contributed by atoms with Gasteiger partial charge in [0.2, 0.25) is 0 Å². The zero-order valence-corrected chi connectivity index (χ0v) is 31.3. The van der Waals surface area contributed by atoms with Crippen LogP contribution in [0.5, 0.6) is 0 Å². The minimum Gasteiger partial charge on any atom is -0.310 e. The van der Waals surface area contributed by atoms with Crippen molar-refractivity contribution in [3.63, 3.8) is 0 Å². The van der Waals surface area contributed by atoms with E-state index in [4.69, 9.17) is 0 Å². The Labute approximate surface area is 312 Å². The number of nitrogens with zero attached hydrogens (tertiary/aromatic N) is 2. The molecule has 0 N–H and O–H groups in total. The van der Waals surface area contributed by atoms with E-state index in [9.17, 15) is 0 Å². The first-order valence-electron chi connectivity index (χ1n) is 18.8. The summed E-state index contributed by atoms with van der Waals surface area (Å²) in [5, 5.41) is 5.12. The SMILES string of the molecule is CC(C)(C)c1ccc2c(c1)c1cc(-c3ccccc3)cc3c1n2-c1cccc(c1)-n1c2ccc(C(C)(C)C)cc2c2cc(-c4ccccc4)cc(c21)[B]3. The molecule has 10 rings (SSSR count). The van der Waals surface area contributed by atoms with Gasteiger partial charge in [-0.25, -0.2) is 0 Å². The lowest BCUT2D eigenvalue weighted by Gasteiger charge is -2.20. The Balaban J connectivity index is 1.39. The molecule has 2 bridgehead atoms. The van der Waals surface area contributed by atoms with E-state index in [1.165, 1.54) is 99.3 Å². The van der Waals surface area contributed by atoms with Crippen molar-refractivity contribution in [3.8, 4) is 33.6 Å². The third-order valence-electron chi connectivity index (χ3n) is 11.4. The molecule has 3 heterocycles. The second-order valence-corrected chi connectivity index (χ2v) is 17.0. The van der Waals surface area contributed by atoms with Crippen molar-refractivity contribution in [1.29, 1.82) is 0 Å². The minimum absolute atomic E-state index is 0.0262. The summed E-state index contributed by atoms with van der Waals surface area (Å²) in [6.07, 6.45) is 0. The summed E-state index contributed by atoms with van der Waals surface area (Å²) in [6.45, 7) is 13.8. The Kier molecular flexibility index (Phi) is 6.83. The van der Waals surface area contributed by atoms with Crippen molar-refractivity contribution >= 4 is 61.8 Å². The second-order valence-electron chi connectivity index (χ2n) is 17.0. The maximum absolute atomic E-state index is 2.51. The fraction of sp³-hybridized carbons (Fsp3) is 0.160. The summed E-state index contributed by atoms with van der Waals surface area (Å²) in [7, 11) is 2.47. The molecule has 53 heavy (non-hydrogen) atoms. The van der Waals surface area contributed by atoms with E-state index in [1.807, 2.05) is 0 Å². The number of rotatable bonds is 2. The van der Waals surface area contributed by atoms with Crippen LogP contribution in [0, 0.1) is 0 Å². The molecule has 0 amide bonds. The molecule has 0 saturated carbocycles. The highest BCUT2D eigenvalue weighted by atomic mass is 15.0. The highest BCUT2D eigenvalue weighted by molar-refractivity contribution is 6.72. The standard InChI is InChI=1S/C50H42BN2/c1-49(2,3)35-20-22-45-39(28-35)41-24-33(31-14-9-7-10-15-31)26-43-47(41)52(45)37-18-13-19-38(30-37)53-46-23-21-36(50(4,5)6)29-40(46)42-25-34(27-44(51-43)48(42)53)32-16-11-8-12-17-32/h7-30H,1-6H3. The van der Waals surface area contributed by atoms with Crippen molar-refractivity contribution < 1.29 is 0 Å². The molecule has 0 saturated heterocycles. The highest BCUT2D eigenvalue weighted by Gasteiger charge is 2.26. The molecule has 3 heteroatoms. The second kappa shape index (κ2) is 11.4. The van der Waals surface area contributed by atoms with Crippen molar-refractivity contribution in [2.45, 2.75) is 52.4 Å². The van der Waals surface area contributed by atoms with Crippen LogP contribution < -0.4 is 10.9 Å². The molecule has 1 aliphatic rings. The maximum atomic E-state index is 2.51. The van der Waals surface area contributed by atoms with Crippen molar-refractivity contribution in [3.05, 3.63) is 157 Å². The number of hydrogen-bond acceptors (Lipinski definition) is 0. The van der Waals surface area contributed by atoms with Crippen LogP contribution in [0.2, 0.25) is 0 Å². The fourth-order valence-corrected chi connectivity index (χ4v) is 8.58. The van der Waals surface area contributed by atoms with E-state index in [1.54, 1.807) is 0 Å². The first kappa shape index (κ1) is 31.9. The van der Waals surface area contributed by atoms with Gasteiger partial charge in [-0.05, 0) is 98.8 Å². The van der Waals surface area contributed by atoms with Crippen LogP contribution in [-0.4, -0.2) is 16.4 Å². The summed E-state index contributed by atoms with van der Waals surface area (Å²) in [5.74, 6) is 0. The van der Waals surface area contributed by atoms with Crippen LogP contribution >= 0.6 is 0 Å². The lowest BCUT2D eigenvalue weighted by molar-refractivity contribution is 0.591. The van der Waals surface area contributed by atoms with Crippen LogP contribution in [0.25, 0.3) is 77.2 Å². The summed E-state index contributed by atoms with van der Waals surface area (Å²) < 4.78 is 5.02. The Morgan fingerprint density at radius 3 is 1.23 bits per heavy atom. The predicted molar refractivity (Wildman–Crippen MR) is 228 cm³/mol. The van der Waals surface area contributed by atoms with Gasteiger partial charge in [-0.3, -0.25) is 0 Å². The largest absolute Gasteiger partial charge is 0.310 e. The van der Waals surface area contributed by atoms with Crippen LogP contribution in [0.3, 0.4) is 0 Å². The van der Waals surface area contributed by atoms with Gasteiger partial charge in [0.25, 0.3) is 0 Å². The van der Waals surface area contributed by atoms with Gasteiger partial charge < -0.3 is 9.13 Å². The normalized spacial score (nSPS) is 12.9. The van der Waals surface area contributed by atoms with Crippen LogP contribution in [0.4, 0.5) is 0 Å². The van der Waals surface area contributed by atoms with Gasteiger partial charge in [-0.15, -0.1) is 0 Å². The zero-order valence-electron chi connectivity index (χ0n) is 31.3. The van der Waals surface area contributed by atoms with Gasteiger partial charge in [0.05, 0.1) is 11.0 Å². The zero-order chi connectivity index (χ0) is 36.2. The molecule has 0 atom stereocenters. The van der Waals surface area contributed by atoms with Gasteiger partial charge in [0, 0.05) is 44.0 Å². The quantitative estimate of drug-likeness (QED) is 0.161. The Morgan fingerprint density at radius 2 is 0.811 bits per heavy atom. The third kappa shape index (κ3) is 5.01. The summed E-state index contributed by atoms with van der Waals surface area (Å²) >= 11 is 0. The van der Waals surface area contributed by atoms with Gasteiger partial charge in [0.1, 0.15) is 0 Å². The third-order valence-corrected chi connectivity index (χ3v) is 11.4. The molecule has 255 valence electrons. The summed E-state index contributed by atoms with van der Waals surface area (Å²) in [5.41, 5.74) is 17.3. The topological polar surface area (TPSA) is 9.86 Å². The maximum Gasteiger partial charge on any atom is 0.197 e. The van der Waals surface area contributed by atoms with Crippen molar-refractivity contribution in [1.82, 2.24) is 9.13 Å². The molecular formula is C50H42BN2. The van der Waals surface area contributed by atoms with Gasteiger partial charge in [0.15, 0.2) is 7.28 Å². The Morgan fingerprint density at radius 1 is 0.377 bits per heavy atom. The number of fused-ring (bicyclic) bond motifs is 10. The number of benzene rings is 7. The number of aromatic nitrogens is 2. The van der Waals surface area contributed by atoms with Crippen molar-refractivity contribution in [2.75, 3.05) is 0 Å². The predicted octanol–water partition coefficient (Wildman–Crippen LogP) is 11.8. The first-order chi connectivity index (χ1) is 25.5. The Hall–Kier alpha value is -5.80. The molecule has 1 aliphatic heterocycles. The minimum atomic E-state index is 0.0262. The first-order valence-corrected chi connectivity index (χ1v) is 18.8.